The molecule has 0 atom stereocenters. The number of aromatic hydroxyl groups is 1. The third-order valence-corrected chi connectivity index (χ3v) is 1.54. The van der Waals surface area contributed by atoms with Crippen molar-refractivity contribution in [3.8, 4) is 5.75 Å². The highest BCUT2D eigenvalue weighted by Crippen LogP contribution is 2.24. The lowest BCUT2D eigenvalue weighted by atomic mass is 10.2. The van der Waals surface area contributed by atoms with Crippen LogP contribution in [0.25, 0.3) is 10.4 Å². The lowest BCUT2D eigenvalue weighted by molar-refractivity contribution is 0.0601. The molecule has 0 aliphatic heterocycles. The average Bonchev–Trinajstić information content (AvgIpc) is 2.20. The van der Waals surface area contributed by atoms with Crippen molar-refractivity contribution < 1.29 is 14.6 Å². The Morgan fingerprint density at radius 3 is 2.93 bits per heavy atom. The van der Waals surface area contributed by atoms with E-state index in [-0.39, 0.29) is 17.0 Å². The molecule has 0 radical (unpaired) electrons. The molecule has 0 amide bonds. The molecule has 0 fully saturated rings. The number of hydrogen-bond donors (Lipinski definition) is 1. The third kappa shape index (κ3) is 1.94. The molecule has 0 heterocycles. The average molecular weight is 193 g/mol. The highest BCUT2D eigenvalue weighted by Gasteiger charge is 2.11. The van der Waals surface area contributed by atoms with Gasteiger partial charge in [0, 0.05) is 4.91 Å². The predicted octanol–water partition coefficient (Wildman–Crippen LogP) is 2.12. The number of esters is 1. The van der Waals surface area contributed by atoms with E-state index in [1.54, 1.807) is 0 Å². The van der Waals surface area contributed by atoms with E-state index >= 15 is 0 Å². The zero-order chi connectivity index (χ0) is 10.6. The molecule has 1 rings (SSSR count). The fourth-order valence-corrected chi connectivity index (χ4v) is 0.933. The van der Waals surface area contributed by atoms with Crippen molar-refractivity contribution >= 4 is 11.7 Å². The van der Waals surface area contributed by atoms with Gasteiger partial charge in [-0.2, -0.15) is 0 Å². The van der Waals surface area contributed by atoms with Crippen molar-refractivity contribution in [3.63, 3.8) is 0 Å². The van der Waals surface area contributed by atoms with Crippen molar-refractivity contribution in [1.82, 2.24) is 0 Å². The van der Waals surface area contributed by atoms with E-state index in [1.807, 2.05) is 0 Å². The molecule has 1 aromatic carbocycles. The van der Waals surface area contributed by atoms with Gasteiger partial charge in [0.05, 0.1) is 18.4 Å². The van der Waals surface area contributed by atoms with Crippen LogP contribution in [0, 0.1) is 0 Å². The van der Waals surface area contributed by atoms with Crippen LogP contribution in [0.15, 0.2) is 23.3 Å². The SMILES string of the molecule is COC(=O)c1cc(O)ccc1N=[N+]=[N-]. The summed E-state index contributed by atoms with van der Waals surface area (Å²) in [5.74, 6) is -0.759. The van der Waals surface area contributed by atoms with Gasteiger partial charge in [-0.25, -0.2) is 4.79 Å². The van der Waals surface area contributed by atoms with E-state index in [0.29, 0.717) is 0 Å². The van der Waals surface area contributed by atoms with Gasteiger partial charge in [-0.05, 0) is 23.7 Å². The number of nitrogens with zero attached hydrogens (tertiary/aromatic N) is 3. The van der Waals surface area contributed by atoms with E-state index in [9.17, 15) is 4.79 Å². The van der Waals surface area contributed by atoms with Crippen molar-refractivity contribution in [2.24, 2.45) is 5.11 Å². The van der Waals surface area contributed by atoms with Crippen LogP contribution in [0.1, 0.15) is 10.4 Å². The summed E-state index contributed by atoms with van der Waals surface area (Å²) in [7, 11) is 1.20. The monoisotopic (exact) mass is 193 g/mol. The van der Waals surface area contributed by atoms with Crippen LogP contribution in [-0.2, 0) is 4.74 Å². The Kier molecular flexibility index (Phi) is 2.93. The lowest BCUT2D eigenvalue weighted by Crippen LogP contribution is -2.00. The molecular formula is C8H7N3O3. The quantitative estimate of drug-likeness (QED) is 0.337. The first-order valence-corrected chi connectivity index (χ1v) is 3.65. The molecule has 0 unspecified atom stereocenters. The minimum absolute atomic E-state index is 0.0327. The Hall–Kier alpha value is -2.20. The largest absolute Gasteiger partial charge is 0.508 e. The number of methoxy groups -OCH3 is 1. The van der Waals surface area contributed by atoms with Gasteiger partial charge >= 0.3 is 5.97 Å². The van der Waals surface area contributed by atoms with Gasteiger partial charge in [0.1, 0.15) is 5.75 Å². The summed E-state index contributed by atoms with van der Waals surface area (Å²) >= 11 is 0. The number of azide groups is 1. The molecule has 0 bridgehead atoms. The smallest absolute Gasteiger partial charge is 0.338 e. The summed E-state index contributed by atoms with van der Waals surface area (Å²) in [6.07, 6.45) is 0. The number of benzene rings is 1. The van der Waals surface area contributed by atoms with Gasteiger partial charge in [-0.3, -0.25) is 0 Å². The van der Waals surface area contributed by atoms with Crippen LogP contribution in [0.4, 0.5) is 5.69 Å². The molecule has 0 spiro atoms. The summed E-state index contributed by atoms with van der Waals surface area (Å²) < 4.78 is 4.44. The fraction of sp³-hybridized carbons (Fsp3) is 0.125. The van der Waals surface area contributed by atoms with Gasteiger partial charge in [-0.1, -0.05) is 5.11 Å². The molecule has 14 heavy (non-hydrogen) atoms. The molecule has 0 saturated carbocycles. The Morgan fingerprint density at radius 2 is 2.36 bits per heavy atom. The maximum atomic E-state index is 11.1. The first-order chi connectivity index (χ1) is 6.69. The number of ether oxygens (including phenoxy) is 1. The summed E-state index contributed by atoms with van der Waals surface area (Å²) in [5, 5.41) is 12.4. The highest BCUT2D eigenvalue weighted by atomic mass is 16.5. The summed E-state index contributed by atoms with van der Waals surface area (Å²) in [6.45, 7) is 0. The minimum atomic E-state index is -0.664. The van der Waals surface area contributed by atoms with Gasteiger partial charge in [0.25, 0.3) is 0 Å². The van der Waals surface area contributed by atoms with E-state index in [0.717, 1.165) is 0 Å². The summed E-state index contributed by atoms with van der Waals surface area (Å²) in [6, 6.07) is 3.83. The van der Waals surface area contributed by atoms with Crippen LogP contribution in [-0.4, -0.2) is 18.2 Å². The van der Waals surface area contributed by atoms with E-state index in [4.69, 9.17) is 10.6 Å². The summed E-state index contributed by atoms with van der Waals surface area (Å²) in [5.41, 5.74) is 8.37. The normalized spacial score (nSPS) is 8.93. The minimum Gasteiger partial charge on any atom is -0.508 e. The van der Waals surface area contributed by atoms with Crippen LogP contribution >= 0.6 is 0 Å². The zero-order valence-corrected chi connectivity index (χ0v) is 7.34. The van der Waals surface area contributed by atoms with E-state index < -0.39 is 5.97 Å². The standard InChI is InChI=1S/C8H7N3O3/c1-14-8(13)6-4-5(12)2-3-7(6)10-11-9/h2-4,12H,1H3. The lowest BCUT2D eigenvalue weighted by Gasteiger charge is -2.02. The van der Waals surface area contributed by atoms with Crippen molar-refractivity contribution in [3.05, 3.63) is 34.2 Å². The molecule has 0 saturated heterocycles. The molecule has 1 N–H and O–H groups in total. The first-order valence-electron chi connectivity index (χ1n) is 3.65. The number of phenolic OH excluding ortho intramolecular Hbond substituents is 1. The molecule has 1 aromatic rings. The number of phenols is 1. The Balaban J connectivity index is 3.28. The Bertz CT molecular complexity index is 410. The van der Waals surface area contributed by atoms with Crippen LogP contribution in [0.5, 0.6) is 5.75 Å². The number of rotatable bonds is 2. The molecule has 6 nitrogen and oxygen atoms in total. The Morgan fingerprint density at radius 1 is 1.64 bits per heavy atom. The van der Waals surface area contributed by atoms with Crippen LogP contribution < -0.4 is 0 Å². The van der Waals surface area contributed by atoms with Gasteiger partial charge in [0.15, 0.2) is 0 Å². The number of carbonyl (C=O) groups is 1. The first kappa shape index (κ1) is 9.88. The number of carbonyl (C=O) groups excluding carboxylic acids is 1. The van der Waals surface area contributed by atoms with Gasteiger partial charge in [-0.15, -0.1) is 0 Å². The van der Waals surface area contributed by atoms with Gasteiger partial charge < -0.3 is 9.84 Å². The molecule has 0 aromatic heterocycles. The second-order valence-electron chi connectivity index (χ2n) is 2.38. The molecular weight excluding hydrogens is 186 g/mol. The van der Waals surface area contributed by atoms with Crippen molar-refractivity contribution in [2.45, 2.75) is 0 Å². The molecule has 0 aliphatic rings. The Labute approximate surface area is 79.4 Å². The zero-order valence-electron chi connectivity index (χ0n) is 7.34. The molecule has 72 valence electrons. The van der Waals surface area contributed by atoms with Crippen LogP contribution in [0.2, 0.25) is 0 Å². The van der Waals surface area contributed by atoms with E-state index in [2.05, 4.69) is 14.8 Å². The highest BCUT2D eigenvalue weighted by molar-refractivity contribution is 5.95. The third-order valence-electron chi connectivity index (χ3n) is 1.54. The number of hydrogen-bond acceptors (Lipinski definition) is 4. The molecule has 6 heteroatoms. The predicted molar refractivity (Wildman–Crippen MR) is 48.3 cm³/mol. The van der Waals surface area contributed by atoms with E-state index in [1.165, 1.54) is 25.3 Å². The van der Waals surface area contributed by atoms with Crippen molar-refractivity contribution in [1.29, 1.82) is 0 Å². The molecule has 0 aliphatic carbocycles. The van der Waals surface area contributed by atoms with Crippen LogP contribution in [0.3, 0.4) is 0 Å². The second-order valence-corrected chi connectivity index (χ2v) is 2.38. The second kappa shape index (κ2) is 4.15. The maximum Gasteiger partial charge on any atom is 0.338 e. The fourth-order valence-electron chi connectivity index (χ4n) is 0.933. The van der Waals surface area contributed by atoms with Crippen molar-refractivity contribution in [2.75, 3.05) is 7.11 Å². The topological polar surface area (TPSA) is 95.3 Å². The summed E-state index contributed by atoms with van der Waals surface area (Å²) in [4.78, 5) is 13.7. The maximum absolute atomic E-state index is 11.1. The van der Waals surface area contributed by atoms with Gasteiger partial charge in [0.2, 0.25) is 0 Å².